The van der Waals surface area contributed by atoms with Crippen molar-refractivity contribution in [3.63, 3.8) is 0 Å². The van der Waals surface area contributed by atoms with Gasteiger partial charge in [0.15, 0.2) is 5.57 Å². The molecule has 0 atom stereocenters. The molecule has 0 saturated heterocycles. The van der Waals surface area contributed by atoms with E-state index in [0.717, 1.165) is 12.1 Å². The quantitative estimate of drug-likeness (QED) is 0.649. The van der Waals surface area contributed by atoms with Crippen molar-refractivity contribution in [1.29, 1.82) is 0 Å². The van der Waals surface area contributed by atoms with Crippen LogP contribution in [0.25, 0.3) is 5.70 Å². The normalized spacial score (nSPS) is 15.1. The van der Waals surface area contributed by atoms with E-state index in [1.807, 2.05) is 0 Å². The highest BCUT2D eigenvalue weighted by atomic mass is 32.2. The second kappa shape index (κ2) is 6.69. The fourth-order valence-corrected chi connectivity index (χ4v) is 4.23. The Morgan fingerprint density at radius 2 is 1.21 bits per heavy atom. The summed E-state index contributed by atoms with van der Waals surface area (Å²) in [6.07, 6.45) is -11.0. The predicted octanol–water partition coefficient (Wildman–Crippen LogP) is 5.11. The number of alkyl halides is 6. The number of halogens is 6. The van der Waals surface area contributed by atoms with Gasteiger partial charge in [0, 0.05) is 0 Å². The van der Waals surface area contributed by atoms with Gasteiger partial charge in [0.2, 0.25) is 0 Å². The lowest BCUT2D eigenvalue weighted by molar-refractivity contribution is -0.173. The second-order valence-electron chi connectivity index (χ2n) is 5.73. The topological polar surface area (TPSA) is 37.4 Å². The lowest BCUT2D eigenvalue weighted by Gasteiger charge is -2.37. The molecule has 3 rings (SSSR count). The van der Waals surface area contributed by atoms with E-state index < -0.39 is 38.5 Å². The SMILES string of the molecule is O=S(=O)(c1ccccc1)N1C(c2ccccc2)=CC1=C(C(F)(F)F)C(F)(F)F. The molecule has 1 aliphatic rings. The van der Waals surface area contributed by atoms with Crippen molar-refractivity contribution in [2.75, 3.05) is 0 Å². The Kier molecular flexibility index (Phi) is 4.78. The van der Waals surface area contributed by atoms with E-state index in [-0.39, 0.29) is 15.6 Å². The molecule has 1 aliphatic heterocycles. The monoisotopic (exact) mass is 419 g/mol. The Bertz CT molecular complexity index is 1020. The van der Waals surface area contributed by atoms with Gasteiger partial charge >= 0.3 is 12.4 Å². The van der Waals surface area contributed by atoms with E-state index in [0.29, 0.717) is 6.08 Å². The summed E-state index contributed by atoms with van der Waals surface area (Å²) in [5.74, 6) is 0. The highest BCUT2D eigenvalue weighted by molar-refractivity contribution is 7.89. The van der Waals surface area contributed by atoms with Crippen LogP contribution < -0.4 is 0 Å². The maximum absolute atomic E-state index is 13.2. The van der Waals surface area contributed by atoms with Gasteiger partial charge in [-0.05, 0) is 23.8 Å². The maximum atomic E-state index is 13.2. The third kappa shape index (κ3) is 3.51. The first-order chi connectivity index (χ1) is 12.9. The fraction of sp³-hybridized carbons (Fsp3) is 0.111. The molecule has 2 aromatic rings. The summed E-state index contributed by atoms with van der Waals surface area (Å²) in [5.41, 5.74) is -4.47. The summed E-state index contributed by atoms with van der Waals surface area (Å²) >= 11 is 0. The van der Waals surface area contributed by atoms with Gasteiger partial charge in [-0.25, -0.2) is 12.7 Å². The van der Waals surface area contributed by atoms with Crippen molar-refractivity contribution < 1.29 is 34.8 Å². The average molecular weight is 419 g/mol. The average Bonchev–Trinajstić information content (AvgIpc) is 2.57. The van der Waals surface area contributed by atoms with Crippen molar-refractivity contribution in [2.45, 2.75) is 17.2 Å². The van der Waals surface area contributed by atoms with Crippen molar-refractivity contribution in [1.82, 2.24) is 4.31 Å². The van der Waals surface area contributed by atoms with Gasteiger partial charge in [-0.15, -0.1) is 0 Å². The Morgan fingerprint density at radius 1 is 0.750 bits per heavy atom. The van der Waals surface area contributed by atoms with Crippen molar-refractivity contribution in [3.8, 4) is 0 Å². The maximum Gasteiger partial charge on any atom is 0.423 e. The van der Waals surface area contributed by atoms with E-state index in [9.17, 15) is 34.8 Å². The van der Waals surface area contributed by atoms with Gasteiger partial charge < -0.3 is 0 Å². The van der Waals surface area contributed by atoms with Crippen LogP contribution in [0.3, 0.4) is 0 Å². The van der Waals surface area contributed by atoms with Crippen LogP contribution in [0.5, 0.6) is 0 Å². The Hall–Kier alpha value is -2.75. The Morgan fingerprint density at radius 3 is 1.68 bits per heavy atom. The van der Waals surface area contributed by atoms with Crippen LogP contribution in [0.2, 0.25) is 0 Å². The summed E-state index contributed by atoms with van der Waals surface area (Å²) in [5, 5.41) is 0. The molecular weight excluding hydrogens is 408 g/mol. The lowest BCUT2D eigenvalue weighted by atomic mass is 10.0. The standard InChI is InChI=1S/C18H11F6NO2S/c19-17(20,21)16(18(22,23)24)15-11-14(12-7-3-1-4-8-12)25(15)28(26,27)13-9-5-2-6-10-13/h1-11H. The molecule has 0 bridgehead atoms. The minimum Gasteiger partial charge on any atom is -0.233 e. The molecular formula is C18H11F6NO2S. The van der Waals surface area contributed by atoms with Crippen LogP contribution in [0.4, 0.5) is 26.3 Å². The molecule has 2 aromatic carbocycles. The molecule has 0 unspecified atom stereocenters. The van der Waals surface area contributed by atoms with Crippen LogP contribution in [-0.2, 0) is 10.0 Å². The molecule has 28 heavy (non-hydrogen) atoms. The number of hydrogen-bond acceptors (Lipinski definition) is 2. The van der Waals surface area contributed by atoms with Crippen LogP contribution in [0.1, 0.15) is 5.56 Å². The largest absolute Gasteiger partial charge is 0.423 e. The van der Waals surface area contributed by atoms with E-state index in [1.165, 1.54) is 42.5 Å². The van der Waals surface area contributed by atoms with Gasteiger partial charge in [-0.2, -0.15) is 26.3 Å². The van der Waals surface area contributed by atoms with Crippen molar-refractivity contribution in [3.05, 3.63) is 83.6 Å². The van der Waals surface area contributed by atoms with Gasteiger partial charge in [0.05, 0.1) is 16.3 Å². The zero-order valence-electron chi connectivity index (χ0n) is 13.8. The smallest absolute Gasteiger partial charge is 0.233 e. The number of nitrogens with zero attached hydrogens (tertiary/aromatic N) is 1. The van der Waals surface area contributed by atoms with E-state index in [4.69, 9.17) is 0 Å². The molecule has 10 heteroatoms. The van der Waals surface area contributed by atoms with Gasteiger partial charge in [-0.1, -0.05) is 48.5 Å². The minimum absolute atomic E-state index is 0.0912. The van der Waals surface area contributed by atoms with Gasteiger partial charge in [0.1, 0.15) is 0 Å². The predicted molar refractivity (Wildman–Crippen MR) is 89.0 cm³/mol. The number of benzene rings is 2. The molecule has 3 nitrogen and oxygen atoms in total. The number of allylic oxidation sites excluding steroid dienone is 2. The zero-order valence-corrected chi connectivity index (χ0v) is 14.6. The number of rotatable bonds is 3. The molecule has 0 N–H and O–H groups in total. The number of sulfonamides is 1. The zero-order chi connectivity index (χ0) is 20.7. The minimum atomic E-state index is -5.79. The lowest BCUT2D eigenvalue weighted by Crippen LogP contribution is -2.40. The molecule has 1 heterocycles. The molecule has 0 aliphatic carbocycles. The molecule has 0 aromatic heterocycles. The molecule has 0 fully saturated rings. The first-order valence-corrected chi connectivity index (χ1v) is 9.14. The first-order valence-electron chi connectivity index (χ1n) is 7.70. The van der Waals surface area contributed by atoms with Crippen LogP contribution in [-0.4, -0.2) is 25.1 Å². The van der Waals surface area contributed by atoms with E-state index >= 15 is 0 Å². The van der Waals surface area contributed by atoms with Gasteiger partial charge in [0.25, 0.3) is 10.0 Å². The Labute approximate surface area is 156 Å². The highest BCUT2D eigenvalue weighted by Gasteiger charge is 2.56. The summed E-state index contributed by atoms with van der Waals surface area (Å²) in [6, 6.07) is 13.6. The fourth-order valence-electron chi connectivity index (χ4n) is 2.70. The molecule has 0 saturated carbocycles. The number of hydrogen-bond donors (Lipinski definition) is 0. The van der Waals surface area contributed by atoms with Crippen molar-refractivity contribution in [2.24, 2.45) is 0 Å². The summed E-state index contributed by atoms with van der Waals surface area (Å²) in [6.45, 7) is 0. The third-order valence-corrected chi connectivity index (χ3v) is 5.63. The van der Waals surface area contributed by atoms with Crippen LogP contribution in [0.15, 0.2) is 82.9 Å². The molecule has 0 spiro atoms. The first kappa shape index (κ1) is 20.0. The van der Waals surface area contributed by atoms with E-state index in [1.54, 1.807) is 6.07 Å². The van der Waals surface area contributed by atoms with Crippen LogP contribution in [0, 0.1) is 0 Å². The molecule has 0 radical (unpaired) electrons. The summed E-state index contributed by atoms with van der Waals surface area (Å²) < 4.78 is 105. The highest BCUT2D eigenvalue weighted by Crippen LogP contribution is 2.49. The summed E-state index contributed by atoms with van der Waals surface area (Å²) in [4.78, 5) is -0.433. The van der Waals surface area contributed by atoms with Crippen molar-refractivity contribution >= 4 is 15.7 Å². The molecule has 0 amide bonds. The van der Waals surface area contributed by atoms with Crippen LogP contribution >= 0.6 is 0 Å². The third-order valence-electron chi connectivity index (χ3n) is 3.89. The summed E-state index contributed by atoms with van der Waals surface area (Å²) in [7, 11) is -4.71. The molecule has 148 valence electrons. The van der Waals surface area contributed by atoms with Gasteiger partial charge in [-0.3, -0.25) is 0 Å². The van der Waals surface area contributed by atoms with E-state index in [2.05, 4.69) is 0 Å². The second-order valence-corrected chi connectivity index (χ2v) is 7.52. The Balaban J connectivity index is 2.29.